The lowest BCUT2D eigenvalue weighted by Crippen LogP contribution is -2.01. The van der Waals surface area contributed by atoms with Crippen LogP contribution in [0.15, 0.2) is 18.2 Å². The van der Waals surface area contributed by atoms with E-state index < -0.39 is 11.0 Å². The van der Waals surface area contributed by atoms with Crippen molar-refractivity contribution >= 4 is 11.4 Å². The standard InChI is InChI=1S/C9H12N2O3/c1-2-9(12)7-4-3-6(11(13)14)5-8(7)10/h3-5,9,12H,2,10H2,1H3. The average Bonchev–Trinajstić information content (AvgIpc) is 2.16. The summed E-state index contributed by atoms with van der Waals surface area (Å²) in [6.45, 7) is 1.81. The molecule has 1 aromatic carbocycles. The first-order chi connectivity index (χ1) is 6.56. The Morgan fingerprint density at radius 2 is 2.29 bits per heavy atom. The summed E-state index contributed by atoms with van der Waals surface area (Å²) in [5.74, 6) is 0. The maximum Gasteiger partial charge on any atom is 0.271 e. The van der Waals surface area contributed by atoms with Gasteiger partial charge in [-0.1, -0.05) is 6.92 Å². The van der Waals surface area contributed by atoms with E-state index in [1.165, 1.54) is 18.2 Å². The molecule has 3 N–H and O–H groups in total. The highest BCUT2D eigenvalue weighted by atomic mass is 16.6. The van der Waals surface area contributed by atoms with Crippen molar-refractivity contribution in [3.05, 3.63) is 33.9 Å². The van der Waals surface area contributed by atoms with Gasteiger partial charge in [-0.2, -0.15) is 0 Å². The molecule has 1 aromatic rings. The minimum atomic E-state index is -0.657. The van der Waals surface area contributed by atoms with Gasteiger partial charge in [0.15, 0.2) is 0 Å². The molecule has 1 unspecified atom stereocenters. The smallest absolute Gasteiger partial charge is 0.271 e. The molecule has 0 saturated heterocycles. The fourth-order valence-corrected chi connectivity index (χ4v) is 1.20. The monoisotopic (exact) mass is 196 g/mol. The number of hydrogen-bond acceptors (Lipinski definition) is 4. The number of nitro groups is 1. The van der Waals surface area contributed by atoms with E-state index in [0.717, 1.165) is 0 Å². The van der Waals surface area contributed by atoms with Gasteiger partial charge in [-0.05, 0) is 12.5 Å². The second kappa shape index (κ2) is 4.06. The van der Waals surface area contributed by atoms with Crippen LogP contribution < -0.4 is 5.73 Å². The van der Waals surface area contributed by atoms with Gasteiger partial charge in [0.1, 0.15) is 0 Å². The summed E-state index contributed by atoms with van der Waals surface area (Å²) in [5.41, 5.74) is 6.31. The van der Waals surface area contributed by atoms with Crippen molar-refractivity contribution in [2.24, 2.45) is 0 Å². The van der Waals surface area contributed by atoms with Gasteiger partial charge in [0.25, 0.3) is 5.69 Å². The fraction of sp³-hybridized carbons (Fsp3) is 0.333. The molecule has 0 heterocycles. The van der Waals surface area contributed by atoms with Gasteiger partial charge in [-0.15, -0.1) is 0 Å². The number of anilines is 1. The maximum atomic E-state index is 10.4. The van der Waals surface area contributed by atoms with Gasteiger partial charge in [0.2, 0.25) is 0 Å². The van der Waals surface area contributed by atoms with E-state index in [9.17, 15) is 15.2 Å². The lowest BCUT2D eigenvalue weighted by Gasteiger charge is -2.10. The molecule has 0 aromatic heterocycles. The van der Waals surface area contributed by atoms with Gasteiger partial charge < -0.3 is 10.8 Å². The molecule has 0 saturated carbocycles. The van der Waals surface area contributed by atoms with Gasteiger partial charge in [-0.3, -0.25) is 10.1 Å². The fourth-order valence-electron chi connectivity index (χ4n) is 1.20. The number of aliphatic hydroxyl groups excluding tert-OH is 1. The van der Waals surface area contributed by atoms with Crippen LogP contribution in [0.2, 0.25) is 0 Å². The lowest BCUT2D eigenvalue weighted by atomic mass is 10.0. The molecule has 1 rings (SSSR count). The topological polar surface area (TPSA) is 89.4 Å². The number of nitrogen functional groups attached to an aromatic ring is 1. The predicted octanol–water partition coefficient (Wildman–Crippen LogP) is 1.62. The van der Waals surface area contributed by atoms with Crippen molar-refractivity contribution in [2.75, 3.05) is 5.73 Å². The molecule has 5 heteroatoms. The summed E-state index contributed by atoms with van der Waals surface area (Å²) in [6, 6.07) is 4.08. The Hall–Kier alpha value is -1.62. The van der Waals surface area contributed by atoms with E-state index in [1.54, 1.807) is 0 Å². The third-order valence-electron chi connectivity index (χ3n) is 2.03. The first-order valence-electron chi connectivity index (χ1n) is 4.28. The Morgan fingerprint density at radius 3 is 2.71 bits per heavy atom. The van der Waals surface area contributed by atoms with Gasteiger partial charge in [0, 0.05) is 23.4 Å². The normalized spacial score (nSPS) is 12.4. The van der Waals surface area contributed by atoms with E-state index in [4.69, 9.17) is 5.73 Å². The summed E-state index contributed by atoms with van der Waals surface area (Å²) in [5, 5.41) is 19.9. The zero-order chi connectivity index (χ0) is 10.7. The largest absolute Gasteiger partial charge is 0.398 e. The van der Waals surface area contributed by atoms with Gasteiger partial charge in [0.05, 0.1) is 11.0 Å². The number of nitro benzene ring substituents is 1. The van der Waals surface area contributed by atoms with Crippen molar-refractivity contribution in [3.8, 4) is 0 Å². The number of nitrogens with two attached hydrogens (primary N) is 1. The SMILES string of the molecule is CCC(O)c1ccc([N+](=O)[O-])cc1N. The number of nitrogens with zero attached hydrogens (tertiary/aromatic N) is 1. The molecule has 0 radical (unpaired) electrons. The number of aliphatic hydroxyl groups is 1. The minimum Gasteiger partial charge on any atom is -0.398 e. The van der Waals surface area contributed by atoms with Crippen LogP contribution in [0.1, 0.15) is 25.0 Å². The van der Waals surface area contributed by atoms with E-state index in [0.29, 0.717) is 12.0 Å². The summed E-state index contributed by atoms with van der Waals surface area (Å²) in [4.78, 5) is 9.88. The Labute approximate surface area is 81.3 Å². The summed E-state index contributed by atoms with van der Waals surface area (Å²) in [6.07, 6.45) is -0.127. The minimum absolute atomic E-state index is 0.0606. The number of non-ortho nitro benzene ring substituents is 1. The summed E-state index contributed by atoms with van der Waals surface area (Å²) >= 11 is 0. The Bertz CT molecular complexity index is 352. The summed E-state index contributed by atoms with van der Waals surface area (Å²) < 4.78 is 0. The van der Waals surface area contributed by atoms with Gasteiger partial charge in [-0.25, -0.2) is 0 Å². The Balaban J connectivity index is 3.07. The molecule has 76 valence electrons. The number of hydrogen-bond donors (Lipinski definition) is 2. The molecule has 0 aliphatic rings. The molecule has 14 heavy (non-hydrogen) atoms. The van der Waals surface area contributed by atoms with Crippen LogP contribution in [-0.2, 0) is 0 Å². The van der Waals surface area contributed by atoms with Crippen LogP contribution in [0.5, 0.6) is 0 Å². The van der Waals surface area contributed by atoms with E-state index >= 15 is 0 Å². The molecule has 5 nitrogen and oxygen atoms in total. The van der Waals surface area contributed by atoms with Crippen LogP contribution in [-0.4, -0.2) is 10.0 Å². The van der Waals surface area contributed by atoms with Crippen LogP contribution in [0.3, 0.4) is 0 Å². The third-order valence-corrected chi connectivity index (χ3v) is 2.03. The average molecular weight is 196 g/mol. The van der Waals surface area contributed by atoms with Crippen LogP contribution in [0, 0.1) is 10.1 Å². The van der Waals surface area contributed by atoms with E-state index in [-0.39, 0.29) is 11.4 Å². The Morgan fingerprint density at radius 1 is 1.64 bits per heavy atom. The first kappa shape index (κ1) is 10.5. The summed E-state index contributed by atoms with van der Waals surface area (Å²) in [7, 11) is 0. The second-order valence-corrected chi connectivity index (χ2v) is 2.99. The third kappa shape index (κ3) is 2.00. The van der Waals surface area contributed by atoms with Crippen LogP contribution in [0.25, 0.3) is 0 Å². The molecular weight excluding hydrogens is 184 g/mol. The first-order valence-corrected chi connectivity index (χ1v) is 4.28. The quantitative estimate of drug-likeness (QED) is 0.436. The highest BCUT2D eigenvalue weighted by Crippen LogP contribution is 2.26. The maximum absolute atomic E-state index is 10.4. The van der Waals surface area contributed by atoms with Crippen molar-refractivity contribution in [2.45, 2.75) is 19.4 Å². The predicted molar refractivity (Wildman–Crippen MR) is 52.8 cm³/mol. The van der Waals surface area contributed by atoms with Crippen molar-refractivity contribution in [1.82, 2.24) is 0 Å². The van der Waals surface area contributed by atoms with E-state index in [1.807, 2.05) is 6.92 Å². The highest BCUT2D eigenvalue weighted by Gasteiger charge is 2.12. The second-order valence-electron chi connectivity index (χ2n) is 2.99. The molecule has 0 spiro atoms. The molecule has 1 atom stereocenters. The van der Waals surface area contributed by atoms with Crippen molar-refractivity contribution in [1.29, 1.82) is 0 Å². The zero-order valence-electron chi connectivity index (χ0n) is 7.80. The lowest BCUT2D eigenvalue weighted by molar-refractivity contribution is -0.384. The Kier molecular flexibility index (Phi) is 3.03. The highest BCUT2D eigenvalue weighted by molar-refractivity contribution is 5.54. The number of benzene rings is 1. The van der Waals surface area contributed by atoms with Crippen LogP contribution in [0.4, 0.5) is 11.4 Å². The molecule has 0 amide bonds. The molecule has 0 aliphatic carbocycles. The van der Waals surface area contributed by atoms with Crippen LogP contribution >= 0.6 is 0 Å². The van der Waals surface area contributed by atoms with Gasteiger partial charge >= 0.3 is 0 Å². The molecular formula is C9H12N2O3. The van der Waals surface area contributed by atoms with Crippen molar-refractivity contribution in [3.63, 3.8) is 0 Å². The van der Waals surface area contributed by atoms with Crippen molar-refractivity contribution < 1.29 is 10.0 Å². The number of rotatable bonds is 3. The molecule has 0 fully saturated rings. The molecule has 0 bridgehead atoms. The zero-order valence-corrected chi connectivity index (χ0v) is 7.80. The van der Waals surface area contributed by atoms with E-state index in [2.05, 4.69) is 0 Å². The molecule has 0 aliphatic heterocycles.